The topological polar surface area (TPSA) is 58.4 Å². The highest BCUT2D eigenvalue weighted by Gasteiger charge is 2.32. The molecule has 3 heterocycles. The standard InChI is InChI=1S/C23H22Cl2F3N3O2/c1-12-7-13(23(26,27)28)8-19-16(12)9-14(30(19)2)10-17-20(24)18(11-29-21(17)25)22(33)31-5-3-15(32)4-6-31/h7-9,11,15,32H,3-6,10H2,1-2H3. The quantitative estimate of drug-likeness (QED) is 0.491. The average Bonchev–Trinajstić information content (AvgIpc) is 3.07. The van der Waals surface area contributed by atoms with Gasteiger partial charge in [0.05, 0.1) is 22.3 Å². The van der Waals surface area contributed by atoms with Crippen molar-refractivity contribution >= 4 is 40.0 Å². The van der Waals surface area contributed by atoms with Crippen molar-refractivity contribution in [3.63, 3.8) is 0 Å². The lowest BCUT2D eigenvalue weighted by molar-refractivity contribution is -0.137. The highest BCUT2D eigenvalue weighted by Crippen LogP contribution is 2.36. The molecule has 3 aromatic rings. The smallest absolute Gasteiger partial charge is 0.393 e. The fourth-order valence-electron chi connectivity index (χ4n) is 4.23. The van der Waals surface area contributed by atoms with Crippen molar-refractivity contribution in [1.82, 2.24) is 14.5 Å². The molecule has 0 bridgehead atoms. The molecule has 1 aliphatic rings. The summed E-state index contributed by atoms with van der Waals surface area (Å²) in [7, 11) is 1.68. The van der Waals surface area contributed by atoms with E-state index in [9.17, 15) is 23.1 Å². The van der Waals surface area contributed by atoms with Crippen LogP contribution < -0.4 is 0 Å². The zero-order chi connectivity index (χ0) is 24.1. The number of carbonyl (C=O) groups excluding carboxylic acids is 1. The first-order chi connectivity index (χ1) is 15.5. The summed E-state index contributed by atoms with van der Waals surface area (Å²) in [6.45, 7) is 2.47. The van der Waals surface area contributed by atoms with Crippen LogP contribution in [0.15, 0.2) is 24.4 Å². The summed E-state index contributed by atoms with van der Waals surface area (Å²) in [4.78, 5) is 18.7. The van der Waals surface area contributed by atoms with Crippen molar-refractivity contribution < 1.29 is 23.1 Å². The summed E-state index contributed by atoms with van der Waals surface area (Å²) >= 11 is 12.9. The van der Waals surface area contributed by atoms with Crippen LogP contribution in [0.1, 0.15) is 45.6 Å². The van der Waals surface area contributed by atoms with E-state index in [1.165, 1.54) is 6.20 Å². The predicted molar refractivity (Wildman–Crippen MR) is 121 cm³/mol. The number of aliphatic hydroxyl groups is 1. The Morgan fingerprint density at radius 3 is 2.52 bits per heavy atom. The maximum atomic E-state index is 13.3. The van der Waals surface area contributed by atoms with Gasteiger partial charge in [0, 0.05) is 54.9 Å². The minimum atomic E-state index is -4.45. The molecule has 176 valence electrons. The molecule has 0 unspecified atom stereocenters. The highest BCUT2D eigenvalue weighted by atomic mass is 35.5. The van der Waals surface area contributed by atoms with Crippen molar-refractivity contribution in [3.8, 4) is 0 Å². The lowest BCUT2D eigenvalue weighted by Crippen LogP contribution is -2.40. The van der Waals surface area contributed by atoms with Crippen molar-refractivity contribution in [3.05, 3.63) is 62.5 Å². The molecule has 2 aromatic heterocycles. The van der Waals surface area contributed by atoms with E-state index in [0.717, 1.165) is 12.1 Å². The lowest BCUT2D eigenvalue weighted by atomic mass is 10.0. The maximum Gasteiger partial charge on any atom is 0.416 e. The third-order valence-electron chi connectivity index (χ3n) is 6.19. The number of halogens is 5. The van der Waals surface area contributed by atoms with E-state index < -0.39 is 17.8 Å². The molecule has 0 spiro atoms. The summed E-state index contributed by atoms with van der Waals surface area (Å²) in [5.41, 5.74) is 1.56. The normalized spacial score (nSPS) is 15.5. The number of hydrogen-bond acceptors (Lipinski definition) is 3. The number of aryl methyl sites for hydroxylation is 2. The third-order valence-corrected chi connectivity index (χ3v) is 6.95. The Bertz CT molecular complexity index is 1230. The van der Waals surface area contributed by atoms with E-state index in [1.54, 1.807) is 29.5 Å². The van der Waals surface area contributed by atoms with E-state index in [-0.39, 0.29) is 28.1 Å². The fraction of sp³-hybridized carbons (Fsp3) is 0.391. The number of benzene rings is 1. The first-order valence-corrected chi connectivity index (χ1v) is 11.2. The van der Waals surface area contributed by atoms with Crippen molar-refractivity contribution in [2.45, 2.75) is 38.5 Å². The molecule has 4 rings (SSSR count). The molecule has 0 atom stereocenters. The van der Waals surface area contributed by atoms with Crippen LogP contribution >= 0.6 is 23.2 Å². The number of pyridine rings is 1. The van der Waals surface area contributed by atoms with Crippen LogP contribution in [0.5, 0.6) is 0 Å². The van der Waals surface area contributed by atoms with Gasteiger partial charge in [0.2, 0.25) is 0 Å². The van der Waals surface area contributed by atoms with Gasteiger partial charge < -0.3 is 14.6 Å². The first kappa shape index (κ1) is 23.9. The van der Waals surface area contributed by atoms with Gasteiger partial charge in [0.25, 0.3) is 5.91 Å². The Morgan fingerprint density at radius 2 is 1.88 bits per heavy atom. The second-order valence-electron chi connectivity index (χ2n) is 8.37. The number of aliphatic hydroxyl groups excluding tert-OH is 1. The molecule has 10 heteroatoms. The summed E-state index contributed by atoms with van der Waals surface area (Å²) in [5, 5.41) is 10.7. The second-order valence-corrected chi connectivity index (χ2v) is 9.11. The number of amides is 1. The summed E-state index contributed by atoms with van der Waals surface area (Å²) in [5.74, 6) is -0.292. The second kappa shape index (κ2) is 8.81. The van der Waals surface area contributed by atoms with E-state index in [4.69, 9.17) is 23.2 Å². The molecule has 33 heavy (non-hydrogen) atoms. The van der Waals surface area contributed by atoms with Gasteiger partial charge in [-0.2, -0.15) is 13.2 Å². The molecule has 0 saturated carbocycles. The van der Waals surface area contributed by atoms with E-state index in [0.29, 0.717) is 53.7 Å². The third kappa shape index (κ3) is 4.56. The SMILES string of the molecule is Cc1cc(C(F)(F)F)cc2c1cc(Cc1c(Cl)ncc(C(=O)N3CCC(O)CC3)c1Cl)n2C. The summed E-state index contributed by atoms with van der Waals surface area (Å²) in [6.07, 6.45) is -2.35. The van der Waals surface area contributed by atoms with Gasteiger partial charge in [-0.25, -0.2) is 4.98 Å². The number of fused-ring (bicyclic) bond motifs is 1. The van der Waals surface area contributed by atoms with Crippen molar-refractivity contribution in [2.75, 3.05) is 13.1 Å². The minimum absolute atomic E-state index is 0.128. The molecule has 1 amide bonds. The van der Waals surface area contributed by atoms with Crippen molar-refractivity contribution in [1.29, 1.82) is 0 Å². The monoisotopic (exact) mass is 499 g/mol. The van der Waals surface area contributed by atoms with Gasteiger partial charge in [-0.3, -0.25) is 4.79 Å². The molecule has 1 aromatic carbocycles. The van der Waals surface area contributed by atoms with Crippen LogP contribution in [0.3, 0.4) is 0 Å². The van der Waals surface area contributed by atoms with Crippen LogP contribution in [-0.4, -0.2) is 44.7 Å². The number of rotatable bonds is 3. The van der Waals surface area contributed by atoms with Crippen molar-refractivity contribution in [2.24, 2.45) is 7.05 Å². The Hall–Kier alpha value is -2.29. The lowest BCUT2D eigenvalue weighted by Gasteiger charge is -2.30. The van der Waals surface area contributed by atoms with Crippen LogP contribution in [0.2, 0.25) is 10.2 Å². The van der Waals surface area contributed by atoms with Crippen LogP contribution in [-0.2, 0) is 19.6 Å². The van der Waals surface area contributed by atoms with Crippen LogP contribution in [0, 0.1) is 6.92 Å². The first-order valence-electron chi connectivity index (χ1n) is 10.4. The molecular weight excluding hydrogens is 478 g/mol. The number of aromatic nitrogens is 2. The molecular formula is C23H22Cl2F3N3O2. The Labute approximate surface area is 198 Å². The van der Waals surface area contributed by atoms with E-state index in [1.807, 2.05) is 0 Å². The largest absolute Gasteiger partial charge is 0.416 e. The molecule has 5 nitrogen and oxygen atoms in total. The number of likely N-dealkylation sites (tertiary alicyclic amines) is 1. The van der Waals surface area contributed by atoms with Gasteiger partial charge in [-0.05, 0) is 43.5 Å². The molecule has 0 radical (unpaired) electrons. The van der Waals surface area contributed by atoms with Gasteiger partial charge >= 0.3 is 6.18 Å². The van der Waals surface area contributed by atoms with E-state index >= 15 is 0 Å². The number of carbonyl (C=O) groups is 1. The highest BCUT2D eigenvalue weighted by molar-refractivity contribution is 6.37. The molecule has 0 aliphatic carbocycles. The predicted octanol–water partition coefficient (Wildman–Crippen LogP) is 5.40. The number of hydrogen-bond donors (Lipinski definition) is 1. The number of piperidine rings is 1. The zero-order valence-corrected chi connectivity index (χ0v) is 19.5. The molecule has 1 N–H and O–H groups in total. The van der Waals surface area contributed by atoms with Gasteiger partial charge in [-0.15, -0.1) is 0 Å². The summed E-state index contributed by atoms with van der Waals surface area (Å²) < 4.78 is 41.5. The zero-order valence-electron chi connectivity index (χ0n) is 18.0. The van der Waals surface area contributed by atoms with E-state index in [2.05, 4.69) is 4.98 Å². The molecule has 1 fully saturated rings. The summed E-state index contributed by atoms with van der Waals surface area (Å²) in [6, 6.07) is 4.05. The average molecular weight is 500 g/mol. The molecule has 1 saturated heterocycles. The Kier molecular flexibility index (Phi) is 6.37. The number of alkyl halides is 3. The Morgan fingerprint density at radius 1 is 1.21 bits per heavy atom. The Balaban J connectivity index is 1.71. The molecule has 1 aliphatic heterocycles. The number of nitrogens with zero attached hydrogens (tertiary/aromatic N) is 3. The maximum absolute atomic E-state index is 13.3. The van der Waals surface area contributed by atoms with Crippen LogP contribution in [0.4, 0.5) is 13.2 Å². The van der Waals surface area contributed by atoms with Crippen LogP contribution in [0.25, 0.3) is 10.9 Å². The van der Waals surface area contributed by atoms with Gasteiger partial charge in [0.1, 0.15) is 5.15 Å². The minimum Gasteiger partial charge on any atom is -0.393 e. The fourth-order valence-corrected chi connectivity index (χ4v) is 4.77. The van der Waals surface area contributed by atoms with Gasteiger partial charge in [0.15, 0.2) is 0 Å². The van der Waals surface area contributed by atoms with Gasteiger partial charge in [-0.1, -0.05) is 23.2 Å².